The predicted octanol–water partition coefficient (Wildman–Crippen LogP) is 7.12. The number of hydrogen-bond donors (Lipinski definition) is 0. The van der Waals surface area contributed by atoms with Crippen molar-refractivity contribution in [2.45, 2.75) is 65.0 Å². The quantitative estimate of drug-likeness (QED) is 0.363. The number of thiazole rings is 1. The molecule has 0 spiro atoms. The Hall–Kier alpha value is -2.59. The Labute approximate surface area is 210 Å². The smallest absolute Gasteiger partial charge is 0.434 e. The second-order valence-corrected chi connectivity index (χ2v) is 10.8. The van der Waals surface area contributed by atoms with Crippen LogP contribution in [-0.2, 0) is 10.9 Å². The Kier molecular flexibility index (Phi) is 6.65. The van der Waals surface area contributed by atoms with E-state index in [0.29, 0.717) is 34.6 Å². The SMILES string of the molecule is Cc1ccc2c(OC3C[C@H](C)N(C(=O)OC(C)(C)C)C3)cc(-c3nc(C(F)(F)F)cs3)nc2c1Cl. The van der Waals surface area contributed by atoms with Gasteiger partial charge in [0.25, 0.3) is 0 Å². The lowest BCUT2D eigenvalue weighted by Gasteiger charge is -2.26. The van der Waals surface area contributed by atoms with Crippen molar-refractivity contribution in [1.29, 1.82) is 0 Å². The highest BCUT2D eigenvalue weighted by molar-refractivity contribution is 7.13. The van der Waals surface area contributed by atoms with Gasteiger partial charge in [-0.15, -0.1) is 11.3 Å². The van der Waals surface area contributed by atoms with Crippen LogP contribution in [0.25, 0.3) is 21.6 Å². The molecule has 0 radical (unpaired) electrons. The largest absolute Gasteiger partial charge is 0.488 e. The molecule has 1 saturated heterocycles. The molecular formula is C24H25ClF3N3O3S. The average molecular weight is 528 g/mol. The lowest BCUT2D eigenvalue weighted by Crippen LogP contribution is -2.39. The van der Waals surface area contributed by atoms with Gasteiger partial charge in [0.05, 0.1) is 17.1 Å². The zero-order valence-electron chi connectivity index (χ0n) is 19.9. The Morgan fingerprint density at radius 2 is 1.94 bits per heavy atom. The van der Waals surface area contributed by atoms with Gasteiger partial charge in [-0.25, -0.2) is 14.8 Å². The molecule has 4 rings (SSSR count). The summed E-state index contributed by atoms with van der Waals surface area (Å²) in [7, 11) is 0. The molecule has 0 N–H and O–H groups in total. The van der Waals surface area contributed by atoms with E-state index in [2.05, 4.69) is 9.97 Å². The van der Waals surface area contributed by atoms with E-state index in [1.807, 2.05) is 26.0 Å². The number of fused-ring (bicyclic) bond motifs is 1. The van der Waals surface area contributed by atoms with Gasteiger partial charge >= 0.3 is 12.3 Å². The Morgan fingerprint density at radius 3 is 2.57 bits per heavy atom. The molecule has 0 bridgehead atoms. The van der Waals surface area contributed by atoms with Crippen molar-refractivity contribution in [2.75, 3.05) is 6.54 Å². The number of pyridine rings is 1. The molecule has 1 fully saturated rings. The number of carbonyl (C=O) groups is 1. The summed E-state index contributed by atoms with van der Waals surface area (Å²) in [5.41, 5.74) is -0.178. The Bertz CT molecular complexity index is 1270. The van der Waals surface area contributed by atoms with Gasteiger partial charge in [-0.2, -0.15) is 13.2 Å². The van der Waals surface area contributed by atoms with Crippen LogP contribution in [0.5, 0.6) is 5.75 Å². The summed E-state index contributed by atoms with van der Waals surface area (Å²) in [5, 5.41) is 2.07. The van der Waals surface area contributed by atoms with Gasteiger partial charge in [-0.05, 0) is 46.2 Å². The van der Waals surface area contributed by atoms with Crippen LogP contribution >= 0.6 is 22.9 Å². The van der Waals surface area contributed by atoms with Gasteiger partial charge in [0.1, 0.15) is 28.2 Å². The molecule has 1 aliphatic rings. The first-order valence-electron chi connectivity index (χ1n) is 11.0. The molecule has 1 amide bonds. The van der Waals surface area contributed by atoms with E-state index in [0.717, 1.165) is 22.3 Å². The zero-order valence-corrected chi connectivity index (χ0v) is 21.4. The maximum absolute atomic E-state index is 13.1. The highest BCUT2D eigenvalue weighted by Crippen LogP contribution is 2.39. The minimum atomic E-state index is -4.55. The van der Waals surface area contributed by atoms with Gasteiger partial charge in [-0.1, -0.05) is 17.7 Å². The number of halogens is 4. The summed E-state index contributed by atoms with van der Waals surface area (Å²) in [5.74, 6) is 0.416. The van der Waals surface area contributed by atoms with Gasteiger partial charge in [0.15, 0.2) is 5.69 Å². The van der Waals surface area contributed by atoms with E-state index in [1.165, 1.54) is 0 Å². The van der Waals surface area contributed by atoms with E-state index >= 15 is 0 Å². The van der Waals surface area contributed by atoms with Gasteiger partial charge in [0.2, 0.25) is 0 Å². The molecule has 0 saturated carbocycles. The molecule has 0 aliphatic carbocycles. The van der Waals surface area contributed by atoms with E-state index in [1.54, 1.807) is 31.7 Å². The summed E-state index contributed by atoms with van der Waals surface area (Å²) in [6, 6.07) is 5.11. The highest BCUT2D eigenvalue weighted by Gasteiger charge is 2.37. The fourth-order valence-electron chi connectivity index (χ4n) is 3.88. The van der Waals surface area contributed by atoms with Crippen molar-refractivity contribution in [3.63, 3.8) is 0 Å². The number of alkyl halides is 3. The normalized spacial score (nSPS) is 18.8. The molecule has 2 atom stereocenters. The number of nitrogens with zero attached hydrogens (tertiary/aromatic N) is 3. The number of ether oxygens (including phenoxy) is 2. The zero-order chi connectivity index (χ0) is 25.7. The van der Waals surface area contributed by atoms with E-state index < -0.39 is 23.6 Å². The number of likely N-dealkylation sites (tertiary alicyclic amines) is 1. The monoisotopic (exact) mass is 527 g/mol. The van der Waals surface area contributed by atoms with Crippen LogP contribution in [0.4, 0.5) is 18.0 Å². The van der Waals surface area contributed by atoms with Crippen LogP contribution in [0.1, 0.15) is 45.4 Å². The topological polar surface area (TPSA) is 64.5 Å². The predicted molar refractivity (Wildman–Crippen MR) is 129 cm³/mol. The molecule has 1 aromatic carbocycles. The first-order valence-corrected chi connectivity index (χ1v) is 12.3. The summed E-state index contributed by atoms with van der Waals surface area (Å²) in [4.78, 5) is 22.5. The Morgan fingerprint density at radius 1 is 1.23 bits per heavy atom. The number of benzene rings is 1. The van der Waals surface area contributed by atoms with Crippen LogP contribution in [0.3, 0.4) is 0 Å². The molecule has 2 aromatic heterocycles. The number of amides is 1. The van der Waals surface area contributed by atoms with Crippen molar-refractivity contribution in [3.05, 3.63) is 39.9 Å². The van der Waals surface area contributed by atoms with Crippen LogP contribution < -0.4 is 4.74 Å². The molecule has 6 nitrogen and oxygen atoms in total. The number of aryl methyl sites for hydroxylation is 1. The minimum Gasteiger partial charge on any atom is -0.488 e. The maximum Gasteiger partial charge on any atom is 0.434 e. The van der Waals surface area contributed by atoms with E-state index in [9.17, 15) is 18.0 Å². The molecule has 1 aliphatic heterocycles. The van der Waals surface area contributed by atoms with Crippen LogP contribution in [0.2, 0.25) is 5.02 Å². The highest BCUT2D eigenvalue weighted by atomic mass is 35.5. The number of rotatable bonds is 3. The van der Waals surface area contributed by atoms with Crippen LogP contribution in [0.15, 0.2) is 23.6 Å². The minimum absolute atomic E-state index is 0.108. The molecule has 35 heavy (non-hydrogen) atoms. The molecule has 11 heteroatoms. The number of hydrogen-bond acceptors (Lipinski definition) is 6. The lowest BCUT2D eigenvalue weighted by atomic mass is 10.1. The average Bonchev–Trinajstić information content (AvgIpc) is 3.36. The molecule has 3 heterocycles. The van der Waals surface area contributed by atoms with Gasteiger partial charge in [0, 0.05) is 29.3 Å². The van der Waals surface area contributed by atoms with Crippen molar-refractivity contribution in [2.24, 2.45) is 0 Å². The third-order valence-corrected chi connectivity index (χ3v) is 6.89. The summed E-state index contributed by atoms with van der Waals surface area (Å²) in [6.45, 7) is 9.46. The van der Waals surface area contributed by atoms with Gasteiger partial charge in [-0.3, -0.25) is 0 Å². The fourth-order valence-corrected chi connectivity index (χ4v) is 4.87. The first-order chi connectivity index (χ1) is 16.2. The summed E-state index contributed by atoms with van der Waals surface area (Å²) in [6.07, 6.45) is -4.76. The third kappa shape index (κ3) is 5.48. The molecule has 1 unspecified atom stereocenters. The third-order valence-electron chi connectivity index (χ3n) is 5.55. The molecular weight excluding hydrogens is 503 g/mol. The summed E-state index contributed by atoms with van der Waals surface area (Å²) >= 11 is 7.36. The second-order valence-electron chi connectivity index (χ2n) is 9.59. The number of aromatic nitrogens is 2. The molecule has 188 valence electrons. The maximum atomic E-state index is 13.1. The summed E-state index contributed by atoms with van der Waals surface area (Å²) < 4.78 is 51.2. The number of carbonyl (C=O) groups excluding carboxylic acids is 1. The standard InChI is InChI=1S/C24H25ClF3N3O3S/c1-12-6-7-15-17(33-14-8-13(2)31(10-14)22(32)34-23(3,4)5)9-16(29-20(15)19(12)25)21-30-18(11-35-21)24(26,27)28/h6-7,9,11,13-14H,8,10H2,1-5H3/t13-,14?/m0/s1. The molecule has 3 aromatic rings. The van der Waals surface area contributed by atoms with Crippen molar-refractivity contribution >= 4 is 39.9 Å². The van der Waals surface area contributed by atoms with Crippen molar-refractivity contribution < 1.29 is 27.4 Å². The second kappa shape index (κ2) is 9.13. The van der Waals surface area contributed by atoms with Crippen molar-refractivity contribution in [3.8, 4) is 16.5 Å². The Balaban J connectivity index is 1.69. The van der Waals surface area contributed by atoms with Crippen LogP contribution in [-0.4, -0.2) is 45.3 Å². The first kappa shape index (κ1) is 25.5. The lowest BCUT2D eigenvalue weighted by molar-refractivity contribution is -0.140. The van der Waals surface area contributed by atoms with Crippen LogP contribution in [0, 0.1) is 6.92 Å². The van der Waals surface area contributed by atoms with Gasteiger partial charge < -0.3 is 14.4 Å². The van der Waals surface area contributed by atoms with Crippen molar-refractivity contribution in [1.82, 2.24) is 14.9 Å². The van der Waals surface area contributed by atoms with E-state index in [-0.39, 0.29) is 22.8 Å². The fraction of sp³-hybridized carbons (Fsp3) is 0.458. The van der Waals surface area contributed by atoms with E-state index in [4.69, 9.17) is 21.1 Å².